The second-order valence-electron chi connectivity index (χ2n) is 6.82. The molecule has 0 aromatic heterocycles. The van der Waals surface area contributed by atoms with Crippen LogP contribution in [0.25, 0.3) is 0 Å². The van der Waals surface area contributed by atoms with E-state index in [-0.39, 0.29) is 17.6 Å². The predicted molar refractivity (Wildman–Crippen MR) is 96.4 cm³/mol. The van der Waals surface area contributed by atoms with E-state index >= 15 is 0 Å². The number of rotatable bonds is 4. The number of fused-ring (bicyclic) bond motifs is 1. The Morgan fingerprint density at radius 2 is 1.92 bits per heavy atom. The third-order valence-electron chi connectivity index (χ3n) is 4.29. The third-order valence-corrected chi connectivity index (χ3v) is 4.66. The van der Waals surface area contributed by atoms with Gasteiger partial charge in [-0.3, -0.25) is 4.79 Å². The second-order valence-corrected chi connectivity index (χ2v) is 7.22. The lowest BCUT2D eigenvalue weighted by atomic mass is 9.89. The van der Waals surface area contributed by atoms with Gasteiger partial charge < -0.3 is 10.1 Å². The van der Waals surface area contributed by atoms with Crippen LogP contribution in [0.4, 0.5) is 0 Å². The molecule has 2 aromatic carbocycles. The van der Waals surface area contributed by atoms with Crippen molar-refractivity contribution in [3.8, 4) is 5.75 Å². The Hall–Kier alpha value is -2.00. The number of hydrogen-bond acceptors (Lipinski definition) is 2. The molecule has 0 unspecified atom stereocenters. The van der Waals surface area contributed by atoms with Crippen LogP contribution in [0, 0.1) is 0 Å². The zero-order chi connectivity index (χ0) is 17.2. The molecule has 4 heteroatoms. The molecule has 1 N–H and O–H groups in total. The molecule has 1 atom stereocenters. The maximum absolute atomic E-state index is 12.4. The first-order valence-corrected chi connectivity index (χ1v) is 8.63. The molecule has 0 radical (unpaired) electrons. The van der Waals surface area contributed by atoms with Crippen LogP contribution in [-0.4, -0.2) is 11.5 Å². The van der Waals surface area contributed by atoms with Crippen molar-refractivity contribution < 1.29 is 9.53 Å². The number of halogens is 1. The number of amides is 1. The molecule has 0 aliphatic carbocycles. The van der Waals surface area contributed by atoms with Crippen molar-refractivity contribution in [1.29, 1.82) is 0 Å². The zero-order valence-corrected chi connectivity index (χ0v) is 14.8. The van der Waals surface area contributed by atoms with Crippen molar-refractivity contribution in [1.82, 2.24) is 5.32 Å². The quantitative estimate of drug-likeness (QED) is 0.874. The maximum Gasteiger partial charge on any atom is 0.220 e. The van der Waals surface area contributed by atoms with Crippen molar-refractivity contribution in [3.05, 3.63) is 64.7 Å². The molecule has 2 aromatic rings. The summed E-state index contributed by atoms with van der Waals surface area (Å²) in [7, 11) is 0. The minimum Gasteiger partial charge on any atom is -0.487 e. The number of aryl methyl sites for hydroxylation is 1. The normalized spacial score (nSPS) is 18.4. The lowest BCUT2D eigenvalue weighted by Crippen LogP contribution is -2.41. The van der Waals surface area contributed by atoms with E-state index < -0.39 is 0 Å². The summed E-state index contributed by atoms with van der Waals surface area (Å²) < 4.78 is 6.01. The van der Waals surface area contributed by atoms with Gasteiger partial charge in [0, 0.05) is 23.4 Å². The molecule has 3 rings (SSSR count). The Bertz CT molecular complexity index is 742. The topological polar surface area (TPSA) is 38.3 Å². The van der Waals surface area contributed by atoms with E-state index in [1.165, 1.54) is 0 Å². The van der Waals surface area contributed by atoms with Crippen molar-refractivity contribution >= 4 is 17.5 Å². The first-order chi connectivity index (χ1) is 11.4. The van der Waals surface area contributed by atoms with E-state index in [9.17, 15) is 4.79 Å². The fourth-order valence-electron chi connectivity index (χ4n) is 3.15. The standard InChI is InChI=1S/C20H22ClNO2/c1-20(2)13-17(15-8-4-6-10-18(15)24-20)22-19(23)12-11-14-7-3-5-9-16(14)21/h3-10,17H,11-13H2,1-2H3,(H,22,23)/t17-/m0/s1. The van der Waals surface area contributed by atoms with Crippen molar-refractivity contribution in [2.75, 3.05) is 0 Å². The summed E-state index contributed by atoms with van der Waals surface area (Å²) in [5.41, 5.74) is 1.75. The molecule has 1 aliphatic rings. The fourth-order valence-corrected chi connectivity index (χ4v) is 3.38. The van der Waals surface area contributed by atoms with E-state index in [1.807, 2.05) is 62.4 Å². The van der Waals surface area contributed by atoms with Gasteiger partial charge in [-0.05, 0) is 38.0 Å². The molecule has 3 nitrogen and oxygen atoms in total. The first kappa shape index (κ1) is 16.8. The minimum absolute atomic E-state index is 0.0244. The number of ether oxygens (including phenoxy) is 1. The van der Waals surface area contributed by atoms with Crippen LogP contribution in [0.3, 0.4) is 0 Å². The highest BCUT2D eigenvalue weighted by Crippen LogP contribution is 2.39. The molecule has 0 saturated heterocycles. The Balaban J connectivity index is 1.67. The molecule has 1 amide bonds. The lowest BCUT2D eigenvalue weighted by Gasteiger charge is -2.37. The number of hydrogen-bond donors (Lipinski definition) is 1. The summed E-state index contributed by atoms with van der Waals surface area (Å²) in [6.07, 6.45) is 1.81. The van der Waals surface area contributed by atoms with Crippen LogP contribution in [0.2, 0.25) is 5.02 Å². The number of benzene rings is 2. The predicted octanol–water partition coefficient (Wildman–Crippen LogP) is 4.69. The Labute approximate surface area is 148 Å². The Kier molecular flexibility index (Phi) is 4.81. The van der Waals surface area contributed by atoms with E-state index in [1.54, 1.807) is 0 Å². The van der Waals surface area contributed by atoms with Gasteiger partial charge in [0.1, 0.15) is 11.4 Å². The molecular formula is C20H22ClNO2. The molecule has 1 heterocycles. The van der Waals surface area contributed by atoms with Crippen LogP contribution in [0.15, 0.2) is 48.5 Å². The summed E-state index contributed by atoms with van der Waals surface area (Å²) in [4.78, 5) is 12.4. The lowest BCUT2D eigenvalue weighted by molar-refractivity contribution is -0.122. The van der Waals surface area contributed by atoms with E-state index in [0.29, 0.717) is 17.9 Å². The SMILES string of the molecule is CC1(C)C[C@H](NC(=O)CCc2ccccc2Cl)c2ccccc2O1. The van der Waals surface area contributed by atoms with Crippen molar-refractivity contribution in [2.45, 2.75) is 44.8 Å². The average molecular weight is 344 g/mol. The second kappa shape index (κ2) is 6.86. The van der Waals surface area contributed by atoms with Gasteiger partial charge in [0.2, 0.25) is 5.91 Å². The van der Waals surface area contributed by atoms with Gasteiger partial charge in [-0.1, -0.05) is 48.0 Å². The molecule has 126 valence electrons. The van der Waals surface area contributed by atoms with Crippen LogP contribution < -0.4 is 10.1 Å². The number of carbonyl (C=O) groups is 1. The van der Waals surface area contributed by atoms with E-state index in [2.05, 4.69) is 5.32 Å². The van der Waals surface area contributed by atoms with Gasteiger partial charge in [-0.2, -0.15) is 0 Å². The fraction of sp³-hybridized carbons (Fsp3) is 0.350. The highest BCUT2D eigenvalue weighted by atomic mass is 35.5. The number of carbonyl (C=O) groups excluding carboxylic acids is 1. The molecule has 0 fully saturated rings. The highest BCUT2D eigenvalue weighted by molar-refractivity contribution is 6.31. The highest BCUT2D eigenvalue weighted by Gasteiger charge is 2.34. The largest absolute Gasteiger partial charge is 0.487 e. The van der Waals surface area contributed by atoms with Gasteiger partial charge in [-0.25, -0.2) is 0 Å². The van der Waals surface area contributed by atoms with Gasteiger partial charge >= 0.3 is 0 Å². The van der Waals surface area contributed by atoms with Crippen LogP contribution in [-0.2, 0) is 11.2 Å². The Morgan fingerprint density at radius 3 is 2.71 bits per heavy atom. The molecular weight excluding hydrogens is 322 g/mol. The number of nitrogens with one attached hydrogen (secondary N) is 1. The summed E-state index contributed by atoms with van der Waals surface area (Å²) in [5.74, 6) is 0.887. The smallest absolute Gasteiger partial charge is 0.220 e. The van der Waals surface area contributed by atoms with Crippen molar-refractivity contribution in [3.63, 3.8) is 0 Å². The summed E-state index contributed by atoms with van der Waals surface area (Å²) in [5, 5.41) is 3.87. The summed E-state index contributed by atoms with van der Waals surface area (Å²) >= 11 is 6.16. The van der Waals surface area contributed by atoms with Gasteiger partial charge in [0.15, 0.2) is 0 Å². The molecule has 0 saturated carbocycles. The first-order valence-electron chi connectivity index (χ1n) is 8.25. The molecule has 0 bridgehead atoms. The molecule has 0 spiro atoms. The van der Waals surface area contributed by atoms with Gasteiger partial charge in [-0.15, -0.1) is 0 Å². The number of para-hydroxylation sites is 1. The monoisotopic (exact) mass is 343 g/mol. The Morgan fingerprint density at radius 1 is 1.21 bits per heavy atom. The minimum atomic E-state index is -0.297. The van der Waals surface area contributed by atoms with E-state index in [0.717, 1.165) is 23.3 Å². The third kappa shape index (κ3) is 3.90. The summed E-state index contributed by atoms with van der Waals surface area (Å²) in [6, 6.07) is 15.5. The van der Waals surface area contributed by atoms with E-state index in [4.69, 9.17) is 16.3 Å². The summed E-state index contributed by atoms with van der Waals surface area (Å²) in [6.45, 7) is 4.09. The van der Waals surface area contributed by atoms with Crippen molar-refractivity contribution in [2.24, 2.45) is 0 Å². The van der Waals surface area contributed by atoms with Crippen LogP contribution >= 0.6 is 11.6 Å². The molecule has 24 heavy (non-hydrogen) atoms. The van der Waals surface area contributed by atoms with Crippen LogP contribution in [0.1, 0.15) is 43.9 Å². The average Bonchev–Trinajstić information content (AvgIpc) is 2.53. The molecule has 1 aliphatic heterocycles. The maximum atomic E-state index is 12.4. The zero-order valence-electron chi connectivity index (χ0n) is 14.0. The van der Waals surface area contributed by atoms with Gasteiger partial charge in [0.05, 0.1) is 6.04 Å². The van der Waals surface area contributed by atoms with Gasteiger partial charge in [0.25, 0.3) is 0 Å². The van der Waals surface area contributed by atoms with Crippen LogP contribution in [0.5, 0.6) is 5.75 Å².